The monoisotopic (exact) mass is 262 g/mol. The second-order valence-corrected chi connectivity index (χ2v) is 4.75. The van der Waals surface area contributed by atoms with E-state index in [9.17, 15) is 5.11 Å². The summed E-state index contributed by atoms with van der Waals surface area (Å²) >= 11 is 0. The lowest BCUT2D eigenvalue weighted by Gasteiger charge is -2.09. The Labute approximate surface area is 114 Å². The maximum atomic E-state index is 9.99. The number of unbranched alkanes of at least 4 members (excludes halogenated alkanes) is 3. The summed E-state index contributed by atoms with van der Waals surface area (Å²) < 4.78 is 5.63. The summed E-state index contributed by atoms with van der Waals surface area (Å²) in [7, 11) is 0. The number of aromatic hydroxyl groups is 1. The molecule has 2 rings (SSSR count). The average Bonchev–Trinajstić information content (AvgIpc) is 2.92. The number of hydrogen-bond donors (Lipinski definition) is 2. The van der Waals surface area contributed by atoms with Crippen LogP contribution in [0.3, 0.4) is 0 Å². The van der Waals surface area contributed by atoms with Crippen LogP contribution in [-0.2, 0) is 0 Å². The number of hydrogen-bond acceptors (Lipinski definition) is 4. The molecule has 104 valence electrons. The van der Waals surface area contributed by atoms with E-state index >= 15 is 0 Å². The van der Waals surface area contributed by atoms with Crippen molar-refractivity contribution in [1.82, 2.24) is 5.32 Å². The standard InChI is InChI=1S/C15H22N2O2/c1-2-3-4-5-10-19-12-6-7-13(14(18)11-12)15-16-8-9-17-15/h6-7,11,18H,2-5,8-10H2,1H3,(H,16,17). The van der Waals surface area contributed by atoms with E-state index in [1.165, 1.54) is 19.3 Å². The third-order valence-corrected chi connectivity index (χ3v) is 3.17. The van der Waals surface area contributed by atoms with E-state index in [1.807, 2.05) is 12.1 Å². The van der Waals surface area contributed by atoms with E-state index in [0.717, 1.165) is 36.7 Å². The molecular weight excluding hydrogens is 240 g/mol. The number of nitrogens with zero attached hydrogens (tertiary/aromatic N) is 1. The Bertz CT molecular complexity index is 444. The van der Waals surface area contributed by atoms with Gasteiger partial charge in [0.15, 0.2) is 0 Å². The highest BCUT2D eigenvalue weighted by atomic mass is 16.5. The first-order valence-electron chi connectivity index (χ1n) is 7.05. The van der Waals surface area contributed by atoms with Crippen molar-refractivity contribution < 1.29 is 9.84 Å². The quantitative estimate of drug-likeness (QED) is 0.743. The zero-order valence-electron chi connectivity index (χ0n) is 11.5. The van der Waals surface area contributed by atoms with Crippen LogP contribution < -0.4 is 10.1 Å². The van der Waals surface area contributed by atoms with Gasteiger partial charge in [-0.15, -0.1) is 0 Å². The van der Waals surface area contributed by atoms with E-state index in [2.05, 4.69) is 17.2 Å². The zero-order chi connectivity index (χ0) is 13.5. The molecule has 0 radical (unpaired) electrons. The lowest BCUT2D eigenvalue weighted by Crippen LogP contribution is -2.19. The Kier molecular flexibility index (Phi) is 5.07. The molecule has 1 aromatic rings. The number of aliphatic imine (C=N–C) groups is 1. The van der Waals surface area contributed by atoms with Gasteiger partial charge in [0.2, 0.25) is 0 Å². The van der Waals surface area contributed by atoms with Crippen molar-refractivity contribution in [1.29, 1.82) is 0 Å². The first-order chi connectivity index (χ1) is 9.31. The molecule has 0 aliphatic carbocycles. The van der Waals surface area contributed by atoms with Gasteiger partial charge in [-0.05, 0) is 18.6 Å². The molecule has 4 nitrogen and oxygen atoms in total. The molecule has 1 aliphatic heterocycles. The van der Waals surface area contributed by atoms with Gasteiger partial charge in [-0.2, -0.15) is 0 Å². The summed E-state index contributed by atoms with van der Waals surface area (Å²) in [5.41, 5.74) is 0.746. The summed E-state index contributed by atoms with van der Waals surface area (Å²) in [6, 6.07) is 5.41. The first-order valence-corrected chi connectivity index (χ1v) is 7.05. The summed E-state index contributed by atoms with van der Waals surface area (Å²) in [6.45, 7) is 4.50. The van der Waals surface area contributed by atoms with Crippen LogP contribution in [0, 0.1) is 0 Å². The summed E-state index contributed by atoms with van der Waals surface area (Å²) in [5.74, 6) is 1.71. The topological polar surface area (TPSA) is 53.8 Å². The minimum Gasteiger partial charge on any atom is -0.507 e. The molecule has 0 saturated carbocycles. The van der Waals surface area contributed by atoms with Gasteiger partial charge >= 0.3 is 0 Å². The van der Waals surface area contributed by atoms with Crippen molar-refractivity contribution in [2.75, 3.05) is 19.7 Å². The summed E-state index contributed by atoms with van der Waals surface area (Å²) in [6.07, 6.45) is 4.73. The van der Waals surface area contributed by atoms with Gasteiger partial charge in [0.1, 0.15) is 17.3 Å². The summed E-state index contributed by atoms with van der Waals surface area (Å²) in [5, 5.41) is 13.1. The summed E-state index contributed by atoms with van der Waals surface area (Å²) in [4.78, 5) is 4.30. The number of benzene rings is 1. The molecular formula is C15H22N2O2. The number of phenolic OH excluding ortho intramolecular Hbond substituents is 1. The Balaban J connectivity index is 1.88. The van der Waals surface area contributed by atoms with Crippen molar-refractivity contribution in [3.63, 3.8) is 0 Å². The lowest BCUT2D eigenvalue weighted by molar-refractivity contribution is 0.303. The molecule has 0 spiro atoms. The minimum atomic E-state index is 0.221. The largest absolute Gasteiger partial charge is 0.507 e. The van der Waals surface area contributed by atoms with Crippen LogP contribution in [0.1, 0.15) is 38.2 Å². The van der Waals surface area contributed by atoms with E-state index < -0.39 is 0 Å². The number of rotatable bonds is 7. The van der Waals surface area contributed by atoms with Gasteiger partial charge in [0, 0.05) is 12.6 Å². The van der Waals surface area contributed by atoms with Gasteiger partial charge in [0.05, 0.1) is 18.7 Å². The van der Waals surface area contributed by atoms with Crippen LogP contribution >= 0.6 is 0 Å². The van der Waals surface area contributed by atoms with Crippen molar-refractivity contribution >= 4 is 5.84 Å². The predicted molar refractivity (Wildman–Crippen MR) is 77.2 cm³/mol. The van der Waals surface area contributed by atoms with E-state index in [0.29, 0.717) is 6.61 Å². The Morgan fingerprint density at radius 3 is 2.89 bits per heavy atom. The van der Waals surface area contributed by atoms with Crippen molar-refractivity contribution in [2.24, 2.45) is 4.99 Å². The molecule has 0 aromatic heterocycles. The molecule has 0 bridgehead atoms. The van der Waals surface area contributed by atoms with Gasteiger partial charge in [-0.3, -0.25) is 4.99 Å². The zero-order valence-corrected chi connectivity index (χ0v) is 11.5. The van der Waals surface area contributed by atoms with E-state index in [1.54, 1.807) is 6.07 Å². The highest BCUT2D eigenvalue weighted by Crippen LogP contribution is 2.24. The van der Waals surface area contributed by atoms with Gasteiger partial charge in [0.25, 0.3) is 0 Å². The molecule has 0 fully saturated rings. The highest BCUT2D eigenvalue weighted by molar-refractivity contribution is 6.02. The smallest absolute Gasteiger partial charge is 0.132 e. The van der Waals surface area contributed by atoms with Crippen LogP contribution in [0.15, 0.2) is 23.2 Å². The third-order valence-electron chi connectivity index (χ3n) is 3.17. The van der Waals surface area contributed by atoms with E-state index in [4.69, 9.17) is 4.74 Å². The van der Waals surface area contributed by atoms with Gasteiger partial charge in [-0.25, -0.2) is 0 Å². The highest BCUT2D eigenvalue weighted by Gasteiger charge is 2.12. The Morgan fingerprint density at radius 1 is 1.32 bits per heavy atom. The Hall–Kier alpha value is -1.71. The number of nitrogens with one attached hydrogen (secondary N) is 1. The van der Waals surface area contributed by atoms with Crippen LogP contribution in [0.4, 0.5) is 0 Å². The number of amidine groups is 1. The average molecular weight is 262 g/mol. The normalized spacial score (nSPS) is 14.1. The van der Waals surface area contributed by atoms with Crippen LogP contribution in [0.5, 0.6) is 11.5 Å². The molecule has 0 amide bonds. The van der Waals surface area contributed by atoms with Gasteiger partial charge < -0.3 is 15.2 Å². The number of phenols is 1. The van der Waals surface area contributed by atoms with Crippen LogP contribution in [0.2, 0.25) is 0 Å². The maximum Gasteiger partial charge on any atom is 0.132 e. The van der Waals surface area contributed by atoms with Crippen molar-refractivity contribution in [3.8, 4) is 11.5 Å². The molecule has 19 heavy (non-hydrogen) atoms. The molecule has 2 N–H and O–H groups in total. The maximum absolute atomic E-state index is 9.99. The molecule has 0 saturated heterocycles. The fourth-order valence-corrected chi connectivity index (χ4v) is 2.10. The second kappa shape index (κ2) is 7.02. The van der Waals surface area contributed by atoms with Crippen LogP contribution in [0.25, 0.3) is 0 Å². The fraction of sp³-hybridized carbons (Fsp3) is 0.533. The SMILES string of the molecule is CCCCCCOc1ccc(C2=NCCN2)c(O)c1. The Morgan fingerprint density at radius 2 is 2.21 bits per heavy atom. The van der Waals surface area contributed by atoms with Crippen LogP contribution in [-0.4, -0.2) is 30.6 Å². The van der Waals surface area contributed by atoms with Crippen molar-refractivity contribution in [3.05, 3.63) is 23.8 Å². The molecule has 0 unspecified atom stereocenters. The molecule has 4 heteroatoms. The molecule has 0 atom stereocenters. The van der Waals surface area contributed by atoms with E-state index in [-0.39, 0.29) is 5.75 Å². The van der Waals surface area contributed by atoms with Gasteiger partial charge in [-0.1, -0.05) is 26.2 Å². The molecule has 1 heterocycles. The lowest BCUT2D eigenvalue weighted by atomic mass is 10.1. The molecule has 1 aromatic carbocycles. The minimum absolute atomic E-state index is 0.221. The second-order valence-electron chi connectivity index (χ2n) is 4.75. The first kappa shape index (κ1) is 13.7. The van der Waals surface area contributed by atoms with Crippen molar-refractivity contribution in [2.45, 2.75) is 32.6 Å². The third kappa shape index (κ3) is 3.88. The number of ether oxygens (including phenoxy) is 1. The fourth-order valence-electron chi connectivity index (χ4n) is 2.10. The predicted octanol–water partition coefficient (Wildman–Crippen LogP) is 2.70. The molecule has 1 aliphatic rings.